The molecule has 1 aliphatic rings. The number of rotatable bonds is 4. The highest BCUT2D eigenvalue weighted by molar-refractivity contribution is 6.17. The summed E-state index contributed by atoms with van der Waals surface area (Å²) in [6.07, 6.45) is 5.15. The van der Waals surface area contributed by atoms with Crippen LogP contribution in [0, 0.1) is 5.41 Å². The van der Waals surface area contributed by atoms with Crippen molar-refractivity contribution >= 4 is 11.6 Å². The SMILES string of the molecule is CC1(C)CCN(CCCCCl)CC1. The molecule has 2 heteroatoms. The molecule has 1 fully saturated rings. The van der Waals surface area contributed by atoms with Gasteiger partial charge in [0.1, 0.15) is 0 Å². The second kappa shape index (κ2) is 5.21. The van der Waals surface area contributed by atoms with Crippen molar-refractivity contribution < 1.29 is 0 Å². The van der Waals surface area contributed by atoms with Gasteiger partial charge in [-0.15, -0.1) is 11.6 Å². The Balaban J connectivity index is 2.11. The van der Waals surface area contributed by atoms with Crippen molar-refractivity contribution in [2.24, 2.45) is 5.41 Å². The summed E-state index contributed by atoms with van der Waals surface area (Å²) in [7, 11) is 0. The quantitative estimate of drug-likeness (QED) is 0.501. The molecule has 1 saturated heterocycles. The van der Waals surface area contributed by atoms with Gasteiger partial charge in [-0.25, -0.2) is 0 Å². The molecule has 0 amide bonds. The third-order valence-electron chi connectivity index (χ3n) is 3.07. The van der Waals surface area contributed by atoms with Gasteiger partial charge in [-0.3, -0.25) is 0 Å². The summed E-state index contributed by atoms with van der Waals surface area (Å²) in [5, 5.41) is 0. The van der Waals surface area contributed by atoms with Gasteiger partial charge in [-0.05, 0) is 50.7 Å². The first-order valence-electron chi connectivity index (χ1n) is 5.42. The van der Waals surface area contributed by atoms with Crippen molar-refractivity contribution in [1.82, 2.24) is 4.90 Å². The molecule has 1 heterocycles. The summed E-state index contributed by atoms with van der Waals surface area (Å²) in [4.78, 5) is 2.58. The van der Waals surface area contributed by atoms with E-state index in [0.717, 1.165) is 5.88 Å². The topological polar surface area (TPSA) is 3.24 Å². The Morgan fingerprint density at radius 1 is 1.15 bits per heavy atom. The van der Waals surface area contributed by atoms with Crippen molar-refractivity contribution in [1.29, 1.82) is 0 Å². The van der Waals surface area contributed by atoms with E-state index < -0.39 is 0 Å². The van der Waals surface area contributed by atoms with Crippen LogP contribution in [-0.4, -0.2) is 30.4 Å². The van der Waals surface area contributed by atoms with Gasteiger partial charge >= 0.3 is 0 Å². The smallest absolute Gasteiger partial charge is 0.0223 e. The van der Waals surface area contributed by atoms with Crippen LogP contribution in [0.2, 0.25) is 0 Å². The maximum absolute atomic E-state index is 5.65. The number of hydrogen-bond donors (Lipinski definition) is 0. The summed E-state index contributed by atoms with van der Waals surface area (Å²) in [5.41, 5.74) is 0.586. The third-order valence-corrected chi connectivity index (χ3v) is 3.33. The Morgan fingerprint density at radius 2 is 1.77 bits per heavy atom. The van der Waals surface area contributed by atoms with Gasteiger partial charge < -0.3 is 4.90 Å². The Hall–Kier alpha value is 0.250. The van der Waals surface area contributed by atoms with Crippen LogP contribution in [0.5, 0.6) is 0 Å². The molecule has 0 aliphatic carbocycles. The first kappa shape index (κ1) is 11.3. The fourth-order valence-electron chi connectivity index (χ4n) is 1.81. The molecule has 13 heavy (non-hydrogen) atoms. The van der Waals surface area contributed by atoms with Gasteiger partial charge in [-0.1, -0.05) is 13.8 Å². The van der Waals surface area contributed by atoms with Crippen molar-refractivity contribution in [3.8, 4) is 0 Å². The van der Waals surface area contributed by atoms with E-state index in [9.17, 15) is 0 Å². The van der Waals surface area contributed by atoms with E-state index in [0.29, 0.717) is 5.41 Å². The van der Waals surface area contributed by atoms with Gasteiger partial charge in [0.25, 0.3) is 0 Å². The Kier molecular flexibility index (Phi) is 4.54. The highest BCUT2D eigenvalue weighted by atomic mass is 35.5. The lowest BCUT2D eigenvalue weighted by Gasteiger charge is -2.36. The molecule has 0 aromatic rings. The second-order valence-corrected chi connectivity index (χ2v) is 5.28. The summed E-state index contributed by atoms with van der Waals surface area (Å²) >= 11 is 5.65. The average Bonchev–Trinajstić information content (AvgIpc) is 2.08. The zero-order chi connectivity index (χ0) is 9.73. The van der Waals surface area contributed by atoms with Crippen LogP contribution in [0.15, 0.2) is 0 Å². The minimum Gasteiger partial charge on any atom is -0.303 e. The van der Waals surface area contributed by atoms with Crippen LogP contribution in [-0.2, 0) is 0 Å². The highest BCUT2D eigenvalue weighted by Gasteiger charge is 2.24. The van der Waals surface area contributed by atoms with Gasteiger partial charge in [-0.2, -0.15) is 0 Å². The molecule has 78 valence electrons. The van der Waals surface area contributed by atoms with Crippen LogP contribution in [0.1, 0.15) is 39.5 Å². The number of likely N-dealkylation sites (tertiary alicyclic amines) is 1. The minimum atomic E-state index is 0.586. The first-order valence-corrected chi connectivity index (χ1v) is 5.96. The molecule has 0 radical (unpaired) electrons. The predicted octanol–water partition coefficient (Wildman–Crippen LogP) is 3.13. The Bertz CT molecular complexity index is 135. The van der Waals surface area contributed by atoms with E-state index in [-0.39, 0.29) is 0 Å². The lowest BCUT2D eigenvalue weighted by Crippen LogP contribution is -2.37. The van der Waals surface area contributed by atoms with E-state index in [4.69, 9.17) is 11.6 Å². The molecule has 0 unspecified atom stereocenters. The zero-order valence-electron chi connectivity index (χ0n) is 8.98. The van der Waals surface area contributed by atoms with Gasteiger partial charge in [0, 0.05) is 5.88 Å². The van der Waals surface area contributed by atoms with E-state index >= 15 is 0 Å². The van der Waals surface area contributed by atoms with Crippen LogP contribution >= 0.6 is 11.6 Å². The van der Waals surface area contributed by atoms with Crippen molar-refractivity contribution in [2.75, 3.05) is 25.5 Å². The largest absolute Gasteiger partial charge is 0.303 e. The minimum absolute atomic E-state index is 0.586. The zero-order valence-corrected chi connectivity index (χ0v) is 9.74. The highest BCUT2D eigenvalue weighted by Crippen LogP contribution is 2.29. The number of piperidine rings is 1. The lowest BCUT2D eigenvalue weighted by molar-refractivity contribution is 0.131. The molecule has 1 aliphatic heterocycles. The average molecular weight is 204 g/mol. The Morgan fingerprint density at radius 3 is 2.31 bits per heavy atom. The Labute approximate surface area is 87.4 Å². The monoisotopic (exact) mass is 203 g/mol. The van der Waals surface area contributed by atoms with Crippen LogP contribution in [0.25, 0.3) is 0 Å². The molecule has 0 saturated carbocycles. The lowest BCUT2D eigenvalue weighted by atomic mass is 9.83. The molecular weight excluding hydrogens is 182 g/mol. The number of hydrogen-bond acceptors (Lipinski definition) is 1. The molecule has 1 nitrogen and oxygen atoms in total. The fraction of sp³-hybridized carbons (Fsp3) is 1.00. The molecule has 0 aromatic carbocycles. The number of halogens is 1. The summed E-state index contributed by atoms with van der Waals surface area (Å²) in [6, 6.07) is 0. The maximum atomic E-state index is 5.65. The van der Waals surface area contributed by atoms with E-state index in [2.05, 4.69) is 18.7 Å². The number of unbranched alkanes of at least 4 members (excludes halogenated alkanes) is 1. The van der Waals surface area contributed by atoms with Crippen LogP contribution < -0.4 is 0 Å². The van der Waals surface area contributed by atoms with E-state index in [1.807, 2.05) is 0 Å². The first-order chi connectivity index (χ1) is 6.14. The summed E-state index contributed by atoms with van der Waals surface area (Å²) < 4.78 is 0. The second-order valence-electron chi connectivity index (χ2n) is 4.90. The van der Waals surface area contributed by atoms with E-state index in [1.54, 1.807) is 0 Å². The fourth-order valence-corrected chi connectivity index (χ4v) is 2.00. The summed E-state index contributed by atoms with van der Waals surface area (Å²) in [5.74, 6) is 0.819. The molecule has 0 bridgehead atoms. The van der Waals surface area contributed by atoms with Gasteiger partial charge in [0.05, 0.1) is 0 Å². The molecular formula is C11H22ClN. The molecule has 1 rings (SSSR count). The predicted molar refractivity (Wildman–Crippen MR) is 59.4 cm³/mol. The van der Waals surface area contributed by atoms with Gasteiger partial charge in [0.15, 0.2) is 0 Å². The molecule has 0 aromatic heterocycles. The van der Waals surface area contributed by atoms with Gasteiger partial charge in [0.2, 0.25) is 0 Å². The standard InChI is InChI=1S/C11H22ClN/c1-11(2)5-9-13(10-6-11)8-4-3-7-12/h3-10H2,1-2H3. The summed E-state index contributed by atoms with van der Waals surface area (Å²) in [6.45, 7) is 8.58. The molecule has 0 N–H and O–H groups in total. The van der Waals surface area contributed by atoms with Crippen molar-refractivity contribution in [2.45, 2.75) is 39.5 Å². The van der Waals surface area contributed by atoms with Crippen LogP contribution in [0.4, 0.5) is 0 Å². The molecule has 0 spiro atoms. The van der Waals surface area contributed by atoms with Crippen LogP contribution in [0.3, 0.4) is 0 Å². The molecule has 0 atom stereocenters. The third kappa shape index (κ3) is 4.33. The number of nitrogens with zero attached hydrogens (tertiary/aromatic N) is 1. The van der Waals surface area contributed by atoms with Crippen molar-refractivity contribution in [3.63, 3.8) is 0 Å². The van der Waals surface area contributed by atoms with Crippen molar-refractivity contribution in [3.05, 3.63) is 0 Å². The maximum Gasteiger partial charge on any atom is 0.0223 e. The number of alkyl halides is 1. The van der Waals surface area contributed by atoms with E-state index in [1.165, 1.54) is 45.3 Å². The normalized spacial score (nSPS) is 23.3.